The van der Waals surface area contributed by atoms with Crippen molar-refractivity contribution in [2.24, 2.45) is 0 Å². The summed E-state index contributed by atoms with van der Waals surface area (Å²) < 4.78 is 25.1. The molecule has 1 aromatic heterocycles. The highest BCUT2D eigenvalue weighted by molar-refractivity contribution is 7.90. The number of nitrogens with one attached hydrogen (secondary N) is 1. The van der Waals surface area contributed by atoms with Crippen LogP contribution in [0.2, 0.25) is 0 Å². The van der Waals surface area contributed by atoms with Crippen LogP contribution in [-0.2, 0) is 14.6 Å². The van der Waals surface area contributed by atoms with Crippen molar-refractivity contribution in [1.82, 2.24) is 14.7 Å². The van der Waals surface area contributed by atoms with E-state index < -0.39 is 9.84 Å². The van der Waals surface area contributed by atoms with Gasteiger partial charge in [-0.2, -0.15) is 5.10 Å². The van der Waals surface area contributed by atoms with Crippen molar-refractivity contribution < 1.29 is 18.0 Å². The lowest BCUT2D eigenvalue weighted by Gasteiger charge is -2.10. The Labute approximate surface area is 175 Å². The van der Waals surface area contributed by atoms with E-state index in [1.165, 1.54) is 17.0 Å². The number of rotatable bonds is 7. The molecule has 9 heteroatoms. The predicted molar refractivity (Wildman–Crippen MR) is 115 cm³/mol. The summed E-state index contributed by atoms with van der Waals surface area (Å²) in [5, 5.41) is 7.43. The summed E-state index contributed by atoms with van der Waals surface area (Å²) in [5.74, 6) is -0.243. The molecule has 3 aromatic rings. The van der Waals surface area contributed by atoms with Crippen LogP contribution in [0.15, 0.2) is 59.5 Å². The molecule has 8 nitrogen and oxygen atoms in total. The maximum Gasteiger partial charge on any atom is 0.273 e. The first-order valence-corrected chi connectivity index (χ1v) is 11.0. The number of nitrogens with zero attached hydrogens (tertiary/aromatic N) is 3. The minimum atomic E-state index is -3.31. The van der Waals surface area contributed by atoms with Crippen molar-refractivity contribution in [3.8, 4) is 16.9 Å². The molecule has 0 saturated carbocycles. The van der Waals surface area contributed by atoms with Crippen molar-refractivity contribution in [2.75, 3.05) is 32.2 Å². The molecule has 0 spiro atoms. The van der Waals surface area contributed by atoms with Crippen molar-refractivity contribution in [3.05, 3.63) is 60.3 Å². The lowest BCUT2D eigenvalue weighted by atomic mass is 10.1. The molecule has 30 heavy (non-hydrogen) atoms. The summed E-state index contributed by atoms with van der Waals surface area (Å²) in [6, 6.07) is 15.4. The van der Waals surface area contributed by atoms with Gasteiger partial charge in [-0.25, -0.2) is 13.1 Å². The smallest absolute Gasteiger partial charge is 0.273 e. The van der Waals surface area contributed by atoms with E-state index in [4.69, 9.17) is 0 Å². The van der Waals surface area contributed by atoms with E-state index in [2.05, 4.69) is 10.4 Å². The summed E-state index contributed by atoms with van der Waals surface area (Å²) in [7, 11) is -0.0145. The lowest BCUT2D eigenvalue weighted by molar-refractivity contribution is -0.106. The van der Waals surface area contributed by atoms with E-state index >= 15 is 0 Å². The molecule has 1 N–H and O–H groups in total. The number of amides is 1. The Balaban J connectivity index is 2.07. The highest BCUT2D eigenvalue weighted by atomic mass is 32.2. The molecule has 156 valence electrons. The number of sulfone groups is 1. The van der Waals surface area contributed by atoms with Gasteiger partial charge in [0.1, 0.15) is 6.29 Å². The molecule has 0 radical (unpaired) electrons. The molecular weight excluding hydrogens is 404 g/mol. The zero-order valence-corrected chi connectivity index (χ0v) is 17.7. The van der Waals surface area contributed by atoms with Crippen molar-refractivity contribution in [1.29, 1.82) is 0 Å². The van der Waals surface area contributed by atoms with Crippen LogP contribution in [0.4, 0.5) is 5.69 Å². The molecule has 0 bridgehead atoms. The Morgan fingerprint density at radius 2 is 1.73 bits per heavy atom. The third-order valence-electron chi connectivity index (χ3n) is 4.41. The van der Waals surface area contributed by atoms with Crippen LogP contribution >= 0.6 is 0 Å². The average Bonchev–Trinajstić information content (AvgIpc) is 3.16. The largest absolute Gasteiger partial charge is 0.378 e. The average molecular weight is 426 g/mol. The molecule has 3 rings (SSSR count). The number of aldehydes is 1. The van der Waals surface area contributed by atoms with E-state index in [0.717, 1.165) is 23.8 Å². The number of hydrogen-bond acceptors (Lipinski definition) is 6. The molecule has 0 saturated heterocycles. The SMILES string of the molecule is CN(C)C(=O)c1cc(-c2ccc(S(C)(=O)=O)cc2)n(-c2ccc(NCC=O)cc2)n1. The van der Waals surface area contributed by atoms with Gasteiger partial charge in [0.05, 0.1) is 22.8 Å². The van der Waals surface area contributed by atoms with E-state index in [1.807, 2.05) is 24.3 Å². The first-order valence-electron chi connectivity index (χ1n) is 9.11. The van der Waals surface area contributed by atoms with Crippen LogP contribution in [0.3, 0.4) is 0 Å². The number of anilines is 1. The minimum Gasteiger partial charge on any atom is -0.378 e. The van der Waals surface area contributed by atoms with Gasteiger partial charge in [0.2, 0.25) is 0 Å². The molecule has 0 fully saturated rings. The summed E-state index contributed by atoms with van der Waals surface area (Å²) >= 11 is 0. The second-order valence-electron chi connectivity index (χ2n) is 6.92. The monoisotopic (exact) mass is 426 g/mol. The summed E-state index contributed by atoms with van der Waals surface area (Å²) in [4.78, 5) is 24.6. The lowest BCUT2D eigenvalue weighted by Crippen LogP contribution is -2.22. The van der Waals surface area contributed by atoms with Gasteiger partial charge in [0.25, 0.3) is 5.91 Å². The highest BCUT2D eigenvalue weighted by Crippen LogP contribution is 2.26. The third-order valence-corrected chi connectivity index (χ3v) is 5.54. The molecule has 1 amide bonds. The van der Waals surface area contributed by atoms with Gasteiger partial charge in [-0.05, 0) is 42.5 Å². The molecule has 0 aliphatic rings. The second-order valence-corrected chi connectivity index (χ2v) is 8.93. The Morgan fingerprint density at radius 1 is 1.10 bits per heavy atom. The molecule has 2 aromatic carbocycles. The predicted octanol–water partition coefficient (Wildman–Crippen LogP) is 2.26. The number of benzene rings is 2. The number of hydrogen-bond donors (Lipinski definition) is 1. The van der Waals surface area contributed by atoms with Crippen LogP contribution in [0, 0.1) is 0 Å². The first kappa shape index (κ1) is 21.3. The molecule has 0 unspecified atom stereocenters. The second kappa shape index (κ2) is 8.50. The Morgan fingerprint density at radius 3 is 2.27 bits per heavy atom. The number of carbonyl (C=O) groups is 2. The molecule has 0 aliphatic carbocycles. The standard InChI is InChI=1S/C21H22N4O4S/c1-24(2)21(27)19-14-20(15-4-10-18(11-5-15)30(3,28)29)25(23-19)17-8-6-16(7-9-17)22-12-13-26/h4-11,13-14,22H,12H2,1-3H3. The quantitative estimate of drug-likeness (QED) is 0.582. The third kappa shape index (κ3) is 4.57. The summed E-state index contributed by atoms with van der Waals surface area (Å²) in [5.41, 5.74) is 3.13. The van der Waals surface area contributed by atoms with E-state index in [0.29, 0.717) is 11.4 Å². The van der Waals surface area contributed by atoms with E-state index in [1.54, 1.807) is 37.0 Å². The Hall–Kier alpha value is -3.46. The normalized spacial score (nSPS) is 11.2. The molecular formula is C21H22N4O4S. The van der Waals surface area contributed by atoms with Crippen LogP contribution in [0.5, 0.6) is 0 Å². The Bertz CT molecular complexity index is 1160. The van der Waals surface area contributed by atoms with Gasteiger partial charge in [0, 0.05) is 31.6 Å². The molecule has 0 aliphatic heterocycles. The fraction of sp³-hybridized carbons (Fsp3) is 0.190. The zero-order chi connectivity index (χ0) is 21.9. The number of carbonyl (C=O) groups excluding carboxylic acids is 2. The van der Waals surface area contributed by atoms with Gasteiger partial charge in [-0.3, -0.25) is 4.79 Å². The van der Waals surface area contributed by atoms with Crippen molar-refractivity contribution in [2.45, 2.75) is 4.90 Å². The van der Waals surface area contributed by atoms with Crippen molar-refractivity contribution >= 4 is 27.7 Å². The van der Waals surface area contributed by atoms with E-state index in [-0.39, 0.29) is 23.0 Å². The first-order chi connectivity index (χ1) is 14.2. The van der Waals surface area contributed by atoms with Crippen molar-refractivity contribution in [3.63, 3.8) is 0 Å². The van der Waals surface area contributed by atoms with Crippen LogP contribution < -0.4 is 5.32 Å². The van der Waals surface area contributed by atoms with Gasteiger partial charge in [-0.15, -0.1) is 0 Å². The molecule has 1 heterocycles. The van der Waals surface area contributed by atoms with Gasteiger partial charge in [0.15, 0.2) is 15.5 Å². The van der Waals surface area contributed by atoms with E-state index in [9.17, 15) is 18.0 Å². The maximum absolute atomic E-state index is 12.5. The fourth-order valence-electron chi connectivity index (χ4n) is 2.87. The van der Waals surface area contributed by atoms with Gasteiger partial charge in [-0.1, -0.05) is 12.1 Å². The highest BCUT2D eigenvalue weighted by Gasteiger charge is 2.18. The fourth-order valence-corrected chi connectivity index (χ4v) is 3.50. The minimum absolute atomic E-state index is 0.209. The van der Waals surface area contributed by atoms with Crippen LogP contribution in [0.1, 0.15) is 10.5 Å². The van der Waals surface area contributed by atoms with Crippen LogP contribution in [-0.4, -0.2) is 62.2 Å². The van der Waals surface area contributed by atoms with Gasteiger partial charge >= 0.3 is 0 Å². The number of aromatic nitrogens is 2. The topological polar surface area (TPSA) is 101 Å². The molecule has 0 atom stereocenters. The van der Waals surface area contributed by atoms with Gasteiger partial charge < -0.3 is 15.0 Å². The maximum atomic E-state index is 12.5. The van der Waals surface area contributed by atoms with Crippen LogP contribution in [0.25, 0.3) is 16.9 Å². The summed E-state index contributed by atoms with van der Waals surface area (Å²) in [6.07, 6.45) is 1.93. The zero-order valence-electron chi connectivity index (χ0n) is 16.9. The summed E-state index contributed by atoms with van der Waals surface area (Å²) in [6.45, 7) is 0.209. The Kier molecular flexibility index (Phi) is 6.02.